The van der Waals surface area contributed by atoms with Crippen molar-refractivity contribution in [3.63, 3.8) is 0 Å². The molecule has 13 atom stereocenters. The van der Waals surface area contributed by atoms with Crippen molar-refractivity contribution in [2.45, 2.75) is 121 Å². The maximum absolute atomic E-state index is 15.7. The molecule has 1 aromatic rings. The summed E-state index contributed by atoms with van der Waals surface area (Å²) in [5, 5.41) is 63.7. The smallest absolute Gasteiger partial charge is 0.331 e. The second-order valence-corrected chi connectivity index (χ2v) is 20.1. The molecule has 0 saturated heterocycles. The molecule has 0 amide bonds. The predicted octanol–water partition coefficient (Wildman–Crippen LogP) is 4.70. The van der Waals surface area contributed by atoms with Gasteiger partial charge in [-0.3, -0.25) is 9.59 Å². The number of carbonyl (C=O) groups is 3. The van der Waals surface area contributed by atoms with Gasteiger partial charge in [0, 0.05) is 70.3 Å². The zero-order chi connectivity index (χ0) is 43.3. The first kappa shape index (κ1) is 40.8. The van der Waals surface area contributed by atoms with Crippen LogP contribution in [0.5, 0.6) is 0 Å². The third-order valence-electron chi connectivity index (χ3n) is 18.0. The molecule has 2 spiro atoms. The zero-order valence-corrected chi connectivity index (χ0v) is 35.1. The highest BCUT2D eigenvalue weighted by atomic mass is 16.4. The molecule has 9 N–H and O–H groups in total. The quantitative estimate of drug-likeness (QED) is 0.0731. The molecule has 0 heterocycles. The van der Waals surface area contributed by atoms with Gasteiger partial charge in [0.15, 0.2) is 11.7 Å². The molecule has 0 unspecified atom stereocenters. The topological polar surface area (TPSA) is 217 Å². The second-order valence-electron chi connectivity index (χ2n) is 20.1. The van der Waals surface area contributed by atoms with Crippen LogP contribution in [0.4, 0.5) is 0 Å². The Morgan fingerprint density at radius 3 is 2.33 bits per heavy atom. The van der Waals surface area contributed by atoms with E-state index in [0.717, 1.165) is 5.56 Å². The Morgan fingerprint density at radius 1 is 0.933 bits per heavy atom. The van der Waals surface area contributed by atoms with Gasteiger partial charge < -0.3 is 37.0 Å². The molecule has 11 heteroatoms. The number of rotatable bonds is 4. The fraction of sp³-hybridized carbons (Fsp3) is 0.551. The highest BCUT2D eigenvalue weighted by Crippen LogP contribution is 2.84. The lowest BCUT2D eigenvalue weighted by Gasteiger charge is -2.70. The van der Waals surface area contributed by atoms with E-state index < -0.39 is 79.2 Å². The maximum atomic E-state index is 15.7. The summed E-state index contributed by atoms with van der Waals surface area (Å²) in [7, 11) is 0. The highest BCUT2D eigenvalue weighted by molar-refractivity contribution is 6.02. The van der Waals surface area contributed by atoms with Gasteiger partial charge in [0.1, 0.15) is 28.6 Å². The Morgan fingerprint density at radius 2 is 1.65 bits per heavy atom. The van der Waals surface area contributed by atoms with Crippen LogP contribution in [0.2, 0.25) is 0 Å². The summed E-state index contributed by atoms with van der Waals surface area (Å²) in [6.07, 6.45) is 10.7. The predicted molar refractivity (Wildman–Crippen MR) is 225 cm³/mol. The molecule has 8 aliphatic carbocycles. The van der Waals surface area contributed by atoms with Gasteiger partial charge in [-0.15, -0.1) is 11.8 Å². The Balaban J connectivity index is 1.36. The van der Waals surface area contributed by atoms with E-state index in [1.54, 1.807) is 25.2 Å². The molecule has 11 nitrogen and oxygen atoms in total. The molecule has 3 saturated carbocycles. The summed E-state index contributed by atoms with van der Waals surface area (Å²) >= 11 is 0. The number of hydrogen-bond acceptors (Lipinski definition) is 8. The van der Waals surface area contributed by atoms with Crippen molar-refractivity contribution in [2.24, 2.45) is 61.3 Å². The normalized spacial score (nSPS) is 48.0. The second kappa shape index (κ2) is 12.5. The molecule has 4 bridgehead atoms. The Labute approximate surface area is 351 Å². The Kier molecular flexibility index (Phi) is 8.50. The number of aliphatic imine (C=N–C) groups is 1. The number of carboxylic acid groups (broad SMARTS) is 1. The number of hydrogen-bond donors (Lipinski definition) is 7. The van der Waals surface area contributed by atoms with Crippen LogP contribution in [0, 0.1) is 56.7 Å². The molecule has 3 fully saturated rings. The van der Waals surface area contributed by atoms with Crippen LogP contribution in [-0.2, 0) is 14.4 Å². The van der Waals surface area contributed by atoms with Crippen LogP contribution in [-0.4, -0.2) is 77.5 Å². The first-order valence-electron chi connectivity index (χ1n) is 21.4. The Hall–Kier alpha value is -4.60. The molecule has 1 aromatic carbocycles. The SMILES string of the molecule is C/C(C(=O)O)=C1/CC[C@]2(N=C(N)N)C=C[C@@]3(C[C@@]4(O)C=C[C@]5(O)C6=C7C(=O)C[C@@]3(C)[C@]64CCC#CC[C@]3(C)C(=O)CC[C@@]7(C)[C@@H]3[C@@H]5/C=C/c3ccccc3)[C@H](C)[C@@]2(O)[C@@H]1O. The van der Waals surface area contributed by atoms with Gasteiger partial charge in [-0.1, -0.05) is 88.4 Å². The van der Waals surface area contributed by atoms with E-state index in [9.17, 15) is 35.1 Å². The van der Waals surface area contributed by atoms with E-state index in [2.05, 4.69) is 23.8 Å². The van der Waals surface area contributed by atoms with Crippen LogP contribution < -0.4 is 11.5 Å². The van der Waals surface area contributed by atoms with E-state index in [0.29, 0.717) is 17.6 Å². The number of carboxylic acids is 1. The number of benzene rings is 1. The minimum Gasteiger partial charge on any atom is -0.478 e. The molecule has 9 rings (SSSR count). The first-order valence-corrected chi connectivity index (χ1v) is 21.4. The van der Waals surface area contributed by atoms with E-state index in [-0.39, 0.29) is 80.0 Å². The number of aliphatic carboxylic acids is 1. The number of nitrogens with zero attached hydrogens (tertiary/aromatic N) is 1. The van der Waals surface area contributed by atoms with Gasteiger partial charge in [-0.05, 0) is 73.1 Å². The van der Waals surface area contributed by atoms with Gasteiger partial charge in [-0.25, -0.2) is 9.79 Å². The van der Waals surface area contributed by atoms with E-state index in [1.807, 2.05) is 62.4 Å². The minimum absolute atomic E-state index is 0.0109. The average Bonchev–Trinajstić information content (AvgIpc) is 3.35. The first-order chi connectivity index (χ1) is 28.1. The number of aliphatic hydroxyl groups is 4. The van der Waals surface area contributed by atoms with Gasteiger partial charge >= 0.3 is 5.97 Å². The summed E-state index contributed by atoms with van der Waals surface area (Å²) in [5.74, 6) is 2.81. The van der Waals surface area contributed by atoms with E-state index >= 15 is 4.79 Å². The largest absolute Gasteiger partial charge is 0.478 e. The van der Waals surface area contributed by atoms with Gasteiger partial charge in [0.05, 0.1) is 5.60 Å². The number of carbonyl (C=O) groups excluding carboxylic acids is 2. The van der Waals surface area contributed by atoms with Gasteiger partial charge in [-0.2, -0.15) is 0 Å². The molecule has 0 aromatic heterocycles. The van der Waals surface area contributed by atoms with Crippen LogP contribution in [0.25, 0.3) is 6.08 Å². The van der Waals surface area contributed by atoms with Crippen molar-refractivity contribution in [1.82, 2.24) is 0 Å². The molecular formula is C49H57N3O8. The number of ketones is 2. The monoisotopic (exact) mass is 815 g/mol. The standard InChI is InChI=1S/C49H57N3O8/c1-28(39(56)57)31-16-21-45(52-40(50)51)23-22-44(29(2)49(45,60)38(31)55)27-46(58)24-25-47(59)32(15-14-30-12-8-6-9-13-30)36-41(3)18-10-7-11-19-48(46)37(47)35(33(53)26-43(44,48)5)42(36,4)20-17-34(41)54/h6,8-9,12-15,22-25,29,32,36,38,55,58-60H,11,16-21,26-27H2,1-5H3,(H,56,57)(H4,50,51,52)/b15-14+,31-28+/t29-,32-,36+,38+,41+,42+,43+,44+,45-,46-,47+,48-,49+/m0/s1. The summed E-state index contributed by atoms with van der Waals surface area (Å²) in [5.41, 5.74) is 0.895. The summed E-state index contributed by atoms with van der Waals surface area (Å²) in [6, 6.07) is 9.74. The van der Waals surface area contributed by atoms with Crippen molar-refractivity contribution in [3.8, 4) is 11.8 Å². The number of nitrogens with two attached hydrogens (primary N) is 2. The number of fused-ring (bicyclic) bond motifs is 3. The van der Waals surface area contributed by atoms with Crippen molar-refractivity contribution < 1.29 is 39.9 Å². The molecule has 316 valence electrons. The molecule has 60 heavy (non-hydrogen) atoms. The number of allylic oxidation sites excluding steroid dienone is 2. The van der Waals surface area contributed by atoms with Crippen LogP contribution >= 0.6 is 0 Å². The lowest BCUT2D eigenvalue weighted by molar-refractivity contribution is -0.200. The van der Waals surface area contributed by atoms with Crippen molar-refractivity contribution in [1.29, 1.82) is 0 Å². The molecule has 8 aliphatic rings. The molecule has 0 radical (unpaired) electrons. The third kappa shape index (κ3) is 4.51. The fourth-order valence-corrected chi connectivity index (χ4v) is 15.3. The van der Waals surface area contributed by atoms with Crippen molar-refractivity contribution in [2.75, 3.05) is 0 Å². The zero-order valence-electron chi connectivity index (χ0n) is 35.1. The average molecular weight is 816 g/mol. The van der Waals surface area contributed by atoms with E-state index in [4.69, 9.17) is 11.5 Å². The highest BCUT2D eigenvalue weighted by Gasteiger charge is 2.85. The van der Waals surface area contributed by atoms with Crippen molar-refractivity contribution in [3.05, 3.63) is 88.6 Å². The minimum atomic E-state index is -2.22. The number of guanidine groups is 1. The van der Waals surface area contributed by atoms with Gasteiger partial charge in [0.2, 0.25) is 0 Å². The number of Topliss-reactive ketones (excluding diaryl/α,β-unsaturated/α-hetero) is 2. The number of aliphatic hydroxyl groups excluding tert-OH is 1. The summed E-state index contributed by atoms with van der Waals surface area (Å²) in [4.78, 5) is 47.0. The van der Waals surface area contributed by atoms with Gasteiger partial charge in [0.25, 0.3) is 0 Å². The summed E-state index contributed by atoms with van der Waals surface area (Å²) in [6.45, 7) is 9.18. The van der Waals surface area contributed by atoms with Crippen LogP contribution in [0.3, 0.4) is 0 Å². The lowest BCUT2D eigenvalue weighted by atomic mass is 9.33. The third-order valence-corrected chi connectivity index (χ3v) is 18.0. The molecule has 0 aliphatic heterocycles. The fourth-order valence-electron chi connectivity index (χ4n) is 15.3. The van der Waals surface area contributed by atoms with Crippen LogP contribution in [0.15, 0.2) is 88.0 Å². The van der Waals surface area contributed by atoms with Crippen LogP contribution in [0.1, 0.15) is 98.0 Å². The van der Waals surface area contributed by atoms with E-state index in [1.165, 1.54) is 6.92 Å². The van der Waals surface area contributed by atoms with Crippen molar-refractivity contribution >= 4 is 29.6 Å². The summed E-state index contributed by atoms with van der Waals surface area (Å²) < 4.78 is 0. The maximum Gasteiger partial charge on any atom is 0.331 e. The molecular weight excluding hydrogens is 759 g/mol. The Bertz CT molecular complexity index is 2400. The lowest BCUT2D eigenvalue weighted by Crippen LogP contribution is -2.74.